The maximum absolute atomic E-state index is 13.7. The third-order valence-corrected chi connectivity index (χ3v) is 5.59. The molecule has 0 atom stereocenters. The Morgan fingerprint density at radius 3 is 2.70 bits per heavy atom. The molecule has 0 aliphatic heterocycles. The van der Waals surface area contributed by atoms with Crippen LogP contribution in [0.3, 0.4) is 0 Å². The molecule has 3 aliphatic carbocycles. The van der Waals surface area contributed by atoms with Crippen LogP contribution in [0.4, 0.5) is 10.1 Å². The molecular weight excluding hydrogens is 347 g/mol. The van der Waals surface area contributed by atoms with Crippen LogP contribution in [-0.4, -0.2) is 32.5 Å². The highest BCUT2D eigenvalue weighted by atomic mass is 19.1. The smallest absolute Gasteiger partial charge is 0.274 e. The number of ketones is 1. The largest absolute Gasteiger partial charge is 0.321 e. The van der Waals surface area contributed by atoms with E-state index in [1.807, 2.05) is 0 Å². The molecule has 1 aromatic carbocycles. The van der Waals surface area contributed by atoms with Crippen LogP contribution in [0, 0.1) is 5.41 Å². The lowest BCUT2D eigenvalue weighted by atomic mass is 9.41. The number of amides is 1. The van der Waals surface area contributed by atoms with E-state index >= 15 is 0 Å². The predicted octanol–water partition coefficient (Wildman–Crippen LogP) is 3.68. The molecule has 2 N–H and O–H groups in total. The number of H-pyrrole nitrogens is 1. The van der Waals surface area contributed by atoms with Gasteiger partial charge in [-0.05, 0) is 55.0 Å². The molecule has 0 unspecified atom stereocenters. The summed E-state index contributed by atoms with van der Waals surface area (Å²) in [5.74, 6) is -0.372. The number of pyridine rings is 1. The number of nitrogens with zero attached hydrogens (tertiary/aromatic N) is 2. The lowest BCUT2D eigenvalue weighted by Gasteiger charge is -2.65. The van der Waals surface area contributed by atoms with Gasteiger partial charge in [0.1, 0.15) is 17.1 Å². The van der Waals surface area contributed by atoms with Gasteiger partial charge in [0, 0.05) is 23.7 Å². The van der Waals surface area contributed by atoms with Gasteiger partial charge in [-0.3, -0.25) is 19.7 Å². The van der Waals surface area contributed by atoms with Crippen molar-refractivity contribution in [1.29, 1.82) is 0 Å². The maximum atomic E-state index is 13.7. The Morgan fingerprint density at radius 2 is 2.00 bits per heavy atom. The van der Waals surface area contributed by atoms with Crippen molar-refractivity contribution in [2.24, 2.45) is 5.41 Å². The summed E-state index contributed by atoms with van der Waals surface area (Å²) in [4.78, 5) is 28.8. The van der Waals surface area contributed by atoms with Gasteiger partial charge in [-0.25, -0.2) is 4.39 Å². The molecule has 3 aromatic rings. The monoisotopic (exact) mass is 364 g/mol. The Morgan fingerprint density at radius 1 is 1.19 bits per heavy atom. The second-order valence-electron chi connectivity index (χ2n) is 7.78. The first kappa shape index (κ1) is 16.1. The van der Waals surface area contributed by atoms with E-state index in [0.717, 1.165) is 0 Å². The summed E-state index contributed by atoms with van der Waals surface area (Å²) in [6, 6.07) is 10.3. The summed E-state index contributed by atoms with van der Waals surface area (Å²) >= 11 is 0. The topological polar surface area (TPSA) is 87.7 Å². The molecule has 6 nitrogen and oxygen atoms in total. The van der Waals surface area contributed by atoms with E-state index in [9.17, 15) is 14.0 Å². The van der Waals surface area contributed by atoms with Crippen molar-refractivity contribution in [2.75, 3.05) is 5.32 Å². The fourth-order valence-corrected chi connectivity index (χ4v) is 4.47. The minimum Gasteiger partial charge on any atom is -0.321 e. The van der Waals surface area contributed by atoms with Crippen LogP contribution in [0.25, 0.3) is 10.9 Å². The average Bonchev–Trinajstić information content (AvgIpc) is 3.03. The van der Waals surface area contributed by atoms with Gasteiger partial charge in [-0.1, -0.05) is 6.07 Å². The Labute approximate surface area is 154 Å². The molecular formula is C20H17FN4O2. The minimum absolute atomic E-state index is 0.0618. The normalized spacial score (nSPS) is 25.5. The molecule has 1 amide bonds. The maximum Gasteiger partial charge on any atom is 0.274 e. The van der Waals surface area contributed by atoms with Gasteiger partial charge in [-0.15, -0.1) is 0 Å². The fourth-order valence-electron chi connectivity index (χ4n) is 4.47. The second kappa shape index (κ2) is 5.45. The molecule has 2 bridgehead atoms. The third-order valence-electron chi connectivity index (χ3n) is 5.59. The van der Waals surface area contributed by atoms with E-state index < -0.39 is 5.67 Å². The lowest BCUT2D eigenvalue weighted by Crippen LogP contribution is -2.64. The van der Waals surface area contributed by atoms with E-state index in [1.165, 1.54) is 0 Å². The van der Waals surface area contributed by atoms with Crippen LogP contribution in [0.15, 0.2) is 42.6 Å². The van der Waals surface area contributed by atoms with E-state index in [0.29, 0.717) is 53.7 Å². The van der Waals surface area contributed by atoms with Crippen LogP contribution >= 0.6 is 0 Å². The Hall–Kier alpha value is -3.09. The van der Waals surface area contributed by atoms with Crippen LogP contribution in [0.5, 0.6) is 0 Å². The molecule has 0 saturated heterocycles. The predicted molar refractivity (Wildman–Crippen MR) is 97.4 cm³/mol. The number of alkyl halides is 1. The second-order valence-corrected chi connectivity index (χ2v) is 7.78. The quantitative estimate of drug-likeness (QED) is 0.676. The zero-order valence-electron chi connectivity index (χ0n) is 14.5. The number of nitrogens with one attached hydrogen (secondary N) is 2. The SMILES string of the molecule is O=C(Nc1ccc2c(C(=O)CC34CC(F)(C3)C4)n[nH]c2c1)c1ccccn1. The molecule has 136 valence electrons. The van der Waals surface area contributed by atoms with Crippen molar-refractivity contribution < 1.29 is 14.0 Å². The van der Waals surface area contributed by atoms with Crippen molar-refractivity contribution in [1.82, 2.24) is 15.2 Å². The van der Waals surface area contributed by atoms with Gasteiger partial charge < -0.3 is 5.32 Å². The van der Waals surface area contributed by atoms with Gasteiger partial charge >= 0.3 is 0 Å². The standard InChI is InChI=1S/C20H17FN4O2/c21-20-9-19(10-20,11-20)8-16(26)17-13-5-4-12(7-15(13)24-25-17)23-18(27)14-3-1-2-6-22-14/h1-7H,8-11H2,(H,23,27)(H,24,25). The van der Waals surface area contributed by atoms with Crippen molar-refractivity contribution in [3.05, 3.63) is 54.0 Å². The number of carbonyl (C=O) groups excluding carboxylic acids is 2. The Kier molecular flexibility index (Phi) is 3.25. The summed E-state index contributed by atoms with van der Waals surface area (Å²) < 4.78 is 13.7. The van der Waals surface area contributed by atoms with E-state index in [-0.39, 0.29) is 17.1 Å². The molecule has 2 heterocycles. The highest BCUT2D eigenvalue weighted by molar-refractivity contribution is 6.08. The average molecular weight is 364 g/mol. The summed E-state index contributed by atoms with van der Waals surface area (Å²) in [6.45, 7) is 0. The third kappa shape index (κ3) is 2.61. The first-order chi connectivity index (χ1) is 13.0. The number of benzene rings is 1. The molecule has 6 rings (SSSR count). The van der Waals surface area contributed by atoms with Gasteiger partial charge in [0.25, 0.3) is 5.91 Å². The molecule has 27 heavy (non-hydrogen) atoms. The van der Waals surface area contributed by atoms with Gasteiger partial charge in [0.05, 0.1) is 5.52 Å². The number of rotatable bonds is 5. The molecule has 2 aromatic heterocycles. The van der Waals surface area contributed by atoms with Gasteiger partial charge in [0.2, 0.25) is 0 Å². The van der Waals surface area contributed by atoms with Crippen molar-refractivity contribution in [3.63, 3.8) is 0 Å². The minimum atomic E-state index is -1.01. The summed E-state index contributed by atoms with van der Waals surface area (Å²) in [6.07, 6.45) is 3.39. The van der Waals surface area contributed by atoms with Crippen molar-refractivity contribution in [3.8, 4) is 0 Å². The van der Waals surface area contributed by atoms with E-state index in [2.05, 4.69) is 20.5 Å². The number of hydrogen-bond acceptors (Lipinski definition) is 4. The number of aromatic amines is 1. The van der Waals surface area contributed by atoms with Crippen molar-refractivity contribution >= 4 is 28.3 Å². The molecule has 3 aliphatic rings. The van der Waals surface area contributed by atoms with Crippen LogP contribution in [0.1, 0.15) is 46.7 Å². The van der Waals surface area contributed by atoms with Gasteiger partial charge in [0.15, 0.2) is 5.78 Å². The molecule has 3 fully saturated rings. The first-order valence-electron chi connectivity index (χ1n) is 8.88. The number of halogens is 1. The molecule has 0 radical (unpaired) electrons. The molecule has 7 heteroatoms. The number of Topliss-reactive ketones (excluding diaryl/α,β-unsaturated/α-hetero) is 1. The summed E-state index contributed by atoms with van der Waals surface area (Å²) in [5, 5.41) is 10.5. The Bertz CT molecular complexity index is 1060. The van der Waals surface area contributed by atoms with Crippen molar-refractivity contribution in [2.45, 2.75) is 31.4 Å². The number of fused-ring (bicyclic) bond motifs is 1. The molecule has 0 spiro atoms. The van der Waals surface area contributed by atoms with E-state index in [1.54, 1.807) is 42.6 Å². The zero-order chi connectivity index (χ0) is 18.6. The number of aromatic nitrogens is 3. The summed E-state index contributed by atoms with van der Waals surface area (Å²) in [5.41, 5.74) is 0.798. The van der Waals surface area contributed by atoms with Crippen LogP contribution in [0.2, 0.25) is 0 Å². The van der Waals surface area contributed by atoms with E-state index in [4.69, 9.17) is 0 Å². The van der Waals surface area contributed by atoms with Crippen LogP contribution in [-0.2, 0) is 0 Å². The first-order valence-corrected chi connectivity index (χ1v) is 8.88. The lowest BCUT2D eigenvalue weighted by molar-refractivity contribution is -0.210. The van der Waals surface area contributed by atoms with Gasteiger partial charge in [-0.2, -0.15) is 5.10 Å². The number of hydrogen-bond donors (Lipinski definition) is 2. The Balaban J connectivity index is 1.34. The fraction of sp³-hybridized carbons (Fsp3) is 0.300. The zero-order valence-corrected chi connectivity index (χ0v) is 14.5. The summed E-state index contributed by atoms with van der Waals surface area (Å²) in [7, 11) is 0. The number of carbonyl (C=O) groups is 2. The highest BCUT2D eigenvalue weighted by Gasteiger charge is 2.69. The molecule has 3 saturated carbocycles. The van der Waals surface area contributed by atoms with Crippen LogP contribution < -0.4 is 5.32 Å². The number of anilines is 1. The highest BCUT2D eigenvalue weighted by Crippen LogP contribution is 2.71.